The normalized spacial score (nSPS) is 10.8. The minimum Gasteiger partial charge on any atom is -0.497 e. The van der Waals surface area contributed by atoms with Crippen LogP contribution in [0, 0.1) is 19.3 Å². The van der Waals surface area contributed by atoms with Crippen molar-refractivity contribution in [3.05, 3.63) is 29.0 Å². The number of aromatic nitrogens is 4. The zero-order valence-electron chi connectivity index (χ0n) is 14.5. The van der Waals surface area contributed by atoms with Gasteiger partial charge in [-0.15, -0.1) is 12.3 Å². The van der Waals surface area contributed by atoms with E-state index in [-0.39, 0.29) is 11.1 Å². The van der Waals surface area contributed by atoms with Crippen molar-refractivity contribution in [2.24, 2.45) is 0 Å². The summed E-state index contributed by atoms with van der Waals surface area (Å²) >= 11 is 7.51. The maximum atomic E-state index is 5.99. The Labute approximate surface area is 161 Å². The van der Waals surface area contributed by atoms with Gasteiger partial charge in [-0.2, -0.15) is 9.97 Å². The van der Waals surface area contributed by atoms with Gasteiger partial charge in [0.05, 0.1) is 7.11 Å². The molecular weight excluding hydrogens is 370 g/mol. The lowest BCUT2D eigenvalue weighted by molar-refractivity contribution is 0.413. The van der Waals surface area contributed by atoms with Gasteiger partial charge in [0.1, 0.15) is 5.75 Å². The van der Waals surface area contributed by atoms with E-state index in [4.69, 9.17) is 28.5 Å². The second kappa shape index (κ2) is 7.85. The van der Waals surface area contributed by atoms with Crippen molar-refractivity contribution in [2.75, 3.05) is 12.8 Å². The summed E-state index contributed by atoms with van der Waals surface area (Å²) in [4.78, 5) is 14.0. The van der Waals surface area contributed by atoms with Gasteiger partial charge < -0.3 is 15.0 Å². The monoisotopic (exact) mass is 387 g/mol. The average Bonchev–Trinajstić information content (AvgIpc) is 2.95. The lowest BCUT2D eigenvalue weighted by Gasteiger charge is -2.10. The molecule has 3 rings (SSSR count). The maximum absolute atomic E-state index is 5.99. The molecule has 2 heterocycles. The van der Waals surface area contributed by atoms with Crippen LogP contribution < -0.4 is 10.5 Å². The molecule has 26 heavy (non-hydrogen) atoms. The van der Waals surface area contributed by atoms with Gasteiger partial charge in [-0.1, -0.05) is 17.8 Å². The van der Waals surface area contributed by atoms with E-state index in [9.17, 15) is 0 Å². The largest absolute Gasteiger partial charge is 0.497 e. The van der Waals surface area contributed by atoms with Gasteiger partial charge in [0.15, 0.2) is 22.1 Å². The summed E-state index contributed by atoms with van der Waals surface area (Å²) in [7, 11) is 1.65. The standard InChI is InChI=1S/C18H18ClN5OS/c1-4-5-6-9-24-16-14(15(20)22-17(19)23-16)21-18(24)26-13-10-12(25-3)8-7-11(13)2/h1,7-8,10H,5-6,9H2,2-3H3,(H2,20,22,23). The highest BCUT2D eigenvalue weighted by atomic mass is 35.5. The third-order valence-electron chi connectivity index (χ3n) is 3.86. The number of nitrogens with zero attached hydrogens (tertiary/aromatic N) is 4. The molecule has 0 unspecified atom stereocenters. The van der Waals surface area contributed by atoms with Crippen molar-refractivity contribution in [2.45, 2.75) is 36.4 Å². The van der Waals surface area contributed by atoms with E-state index in [1.807, 2.05) is 29.7 Å². The number of hydrogen-bond donors (Lipinski definition) is 1. The predicted molar refractivity (Wildman–Crippen MR) is 105 cm³/mol. The Morgan fingerprint density at radius 3 is 2.88 bits per heavy atom. The second-order valence-corrected chi connectivity index (χ2v) is 6.98. The molecule has 0 fully saturated rings. The summed E-state index contributed by atoms with van der Waals surface area (Å²) in [5.74, 6) is 3.70. The summed E-state index contributed by atoms with van der Waals surface area (Å²) in [6, 6.07) is 5.92. The van der Waals surface area contributed by atoms with Gasteiger partial charge in [0.25, 0.3) is 0 Å². The number of fused-ring (bicyclic) bond motifs is 1. The van der Waals surface area contributed by atoms with E-state index in [0.717, 1.165) is 27.8 Å². The first kappa shape index (κ1) is 18.4. The molecular formula is C18H18ClN5OS. The van der Waals surface area contributed by atoms with Crippen molar-refractivity contribution < 1.29 is 4.74 Å². The highest BCUT2D eigenvalue weighted by Crippen LogP contribution is 2.35. The first-order chi connectivity index (χ1) is 12.5. The molecule has 6 nitrogen and oxygen atoms in total. The van der Waals surface area contributed by atoms with Crippen LogP contribution in [-0.4, -0.2) is 26.6 Å². The van der Waals surface area contributed by atoms with Gasteiger partial charge in [-0.05, 0) is 42.6 Å². The van der Waals surface area contributed by atoms with Crippen LogP contribution in [0.25, 0.3) is 11.2 Å². The molecule has 0 saturated heterocycles. The number of methoxy groups -OCH3 is 1. The Balaban J connectivity index is 2.08. The average molecular weight is 388 g/mol. The predicted octanol–water partition coefficient (Wildman–Crippen LogP) is 3.94. The Morgan fingerprint density at radius 1 is 1.35 bits per heavy atom. The lowest BCUT2D eigenvalue weighted by atomic mass is 10.2. The number of unbranched alkanes of at least 4 members (excludes halogenated alkanes) is 1. The van der Waals surface area contributed by atoms with Crippen molar-refractivity contribution in [3.8, 4) is 18.1 Å². The van der Waals surface area contributed by atoms with Crippen molar-refractivity contribution in [1.82, 2.24) is 19.5 Å². The van der Waals surface area contributed by atoms with Crippen LogP contribution in [0.3, 0.4) is 0 Å². The fourth-order valence-electron chi connectivity index (χ4n) is 2.51. The van der Waals surface area contributed by atoms with Crippen LogP contribution in [0.2, 0.25) is 5.28 Å². The van der Waals surface area contributed by atoms with Gasteiger partial charge in [-0.25, -0.2) is 4.98 Å². The van der Waals surface area contributed by atoms with Crippen molar-refractivity contribution >= 4 is 40.3 Å². The number of benzene rings is 1. The number of nitrogens with two attached hydrogens (primary N) is 1. The minimum atomic E-state index is 0.0993. The van der Waals surface area contributed by atoms with Gasteiger partial charge in [-0.3, -0.25) is 0 Å². The molecule has 2 aromatic heterocycles. The molecule has 1 aromatic carbocycles. The molecule has 0 aliphatic heterocycles. The number of halogens is 1. The third kappa shape index (κ3) is 3.71. The van der Waals surface area contributed by atoms with E-state index in [0.29, 0.717) is 24.1 Å². The topological polar surface area (TPSA) is 78.9 Å². The molecule has 0 spiro atoms. The number of imidazole rings is 1. The van der Waals surface area contributed by atoms with Crippen LogP contribution in [0.4, 0.5) is 5.82 Å². The van der Waals surface area contributed by atoms with E-state index in [1.165, 1.54) is 11.8 Å². The number of anilines is 1. The molecule has 0 amide bonds. The molecule has 0 saturated carbocycles. The molecule has 0 aliphatic carbocycles. The Hall–Kier alpha value is -2.43. The molecule has 0 radical (unpaired) electrons. The number of hydrogen-bond acceptors (Lipinski definition) is 6. The van der Waals surface area contributed by atoms with E-state index >= 15 is 0 Å². The first-order valence-corrected chi connectivity index (χ1v) is 9.18. The van der Waals surface area contributed by atoms with Crippen molar-refractivity contribution in [3.63, 3.8) is 0 Å². The third-order valence-corrected chi connectivity index (χ3v) is 5.18. The minimum absolute atomic E-state index is 0.0993. The zero-order valence-corrected chi connectivity index (χ0v) is 16.1. The molecule has 2 N–H and O–H groups in total. The summed E-state index contributed by atoms with van der Waals surface area (Å²) < 4.78 is 7.31. The van der Waals surface area contributed by atoms with E-state index in [1.54, 1.807) is 7.11 Å². The number of terminal acetylenes is 1. The Morgan fingerprint density at radius 2 is 2.15 bits per heavy atom. The first-order valence-electron chi connectivity index (χ1n) is 7.98. The zero-order chi connectivity index (χ0) is 18.7. The number of nitrogen functional groups attached to an aromatic ring is 1. The molecule has 3 aromatic rings. The molecule has 0 atom stereocenters. The quantitative estimate of drug-likeness (QED) is 0.392. The number of rotatable bonds is 6. The number of ether oxygens (including phenoxy) is 1. The van der Waals surface area contributed by atoms with Crippen LogP contribution in [0.1, 0.15) is 18.4 Å². The smallest absolute Gasteiger partial charge is 0.226 e. The lowest BCUT2D eigenvalue weighted by Crippen LogP contribution is -2.02. The highest BCUT2D eigenvalue weighted by molar-refractivity contribution is 7.99. The summed E-state index contributed by atoms with van der Waals surface area (Å²) in [5.41, 5.74) is 8.26. The van der Waals surface area contributed by atoms with E-state index < -0.39 is 0 Å². The van der Waals surface area contributed by atoms with Gasteiger partial charge in [0, 0.05) is 17.9 Å². The fourth-order valence-corrected chi connectivity index (χ4v) is 3.71. The van der Waals surface area contributed by atoms with Gasteiger partial charge in [0.2, 0.25) is 5.28 Å². The fraction of sp³-hybridized carbons (Fsp3) is 0.278. The molecule has 0 bridgehead atoms. The van der Waals surface area contributed by atoms with Crippen LogP contribution in [0.15, 0.2) is 28.3 Å². The maximum Gasteiger partial charge on any atom is 0.226 e. The summed E-state index contributed by atoms with van der Waals surface area (Å²) in [5, 5.41) is 0.860. The Bertz CT molecular complexity index is 995. The number of aryl methyl sites for hydroxylation is 2. The molecule has 0 aliphatic rings. The second-order valence-electron chi connectivity index (χ2n) is 5.64. The highest BCUT2D eigenvalue weighted by Gasteiger charge is 2.18. The van der Waals surface area contributed by atoms with Crippen LogP contribution >= 0.6 is 23.4 Å². The van der Waals surface area contributed by atoms with E-state index in [2.05, 4.69) is 20.9 Å². The van der Waals surface area contributed by atoms with Crippen molar-refractivity contribution in [1.29, 1.82) is 0 Å². The van der Waals surface area contributed by atoms with Crippen LogP contribution in [0.5, 0.6) is 5.75 Å². The van der Waals surface area contributed by atoms with Gasteiger partial charge >= 0.3 is 0 Å². The molecule has 8 heteroatoms. The summed E-state index contributed by atoms with van der Waals surface area (Å²) in [6.07, 6.45) is 6.84. The molecule has 134 valence electrons. The Kier molecular flexibility index (Phi) is 5.55. The summed E-state index contributed by atoms with van der Waals surface area (Å²) in [6.45, 7) is 2.71. The van der Waals surface area contributed by atoms with Crippen LogP contribution in [-0.2, 0) is 6.54 Å². The SMILES string of the molecule is C#CCCCn1c(Sc2cc(OC)ccc2C)nc2c(N)nc(Cl)nc21.